The van der Waals surface area contributed by atoms with Gasteiger partial charge in [0.05, 0.1) is 5.60 Å². The van der Waals surface area contributed by atoms with Gasteiger partial charge >= 0.3 is 0 Å². The zero-order valence-electron chi connectivity index (χ0n) is 9.34. The highest BCUT2D eigenvalue weighted by Crippen LogP contribution is 2.29. The third kappa shape index (κ3) is 3.56. The fourth-order valence-corrected chi connectivity index (χ4v) is 1.98. The monoisotopic (exact) mass is 201 g/mol. The Morgan fingerprint density at radius 1 is 1.29 bits per heavy atom. The highest BCUT2D eigenvalue weighted by Gasteiger charge is 2.32. The van der Waals surface area contributed by atoms with Gasteiger partial charge in [-0.1, -0.05) is 12.8 Å². The lowest BCUT2D eigenvalue weighted by molar-refractivity contribution is 0.0386. The van der Waals surface area contributed by atoms with Crippen LogP contribution >= 0.6 is 0 Å². The summed E-state index contributed by atoms with van der Waals surface area (Å²) < 4.78 is 0. The minimum absolute atomic E-state index is 0.0763. The minimum Gasteiger partial charge on any atom is -0.396 e. The van der Waals surface area contributed by atoms with E-state index in [4.69, 9.17) is 5.11 Å². The molecule has 0 aromatic carbocycles. The summed E-state index contributed by atoms with van der Waals surface area (Å²) in [6, 6.07) is 0. The predicted octanol–water partition coefficient (Wildman–Crippen LogP) is 1.04. The Bertz CT molecular complexity index is 174. The van der Waals surface area contributed by atoms with Crippen molar-refractivity contribution in [3.05, 3.63) is 0 Å². The highest BCUT2D eigenvalue weighted by molar-refractivity contribution is 4.89. The van der Waals surface area contributed by atoms with Crippen LogP contribution in [0.3, 0.4) is 0 Å². The van der Waals surface area contributed by atoms with Crippen molar-refractivity contribution in [2.45, 2.75) is 57.1 Å². The van der Waals surface area contributed by atoms with Gasteiger partial charge in [-0.05, 0) is 33.1 Å². The number of hydrogen-bond donors (Lipinski definition) is 3. The van der Waals surface area contributed by atoms with E-state index in [0.717, 1.165) is 32.1 Å². The Labute approximate surface area is 86.5 Å². The molecule has 3 N–H and O–H groups in total. The summed E-state index contributed by atoms with van der Waals surface area (Å²) in [7, 11) is 0. The van der Waals surface area contributed by atoms with Crippen LogP contribution < -0.4 is 5.32 Å². The molecular weight excluding hydrogens is 178 g/mol. The van der Waals surface area contributed by atoms with Gasteiger partial charge in [-0.3, -0.25) is 0 Å². The van der Waals surface area contributed by atoms with Crippen LogP contribution in [-0.4, -0.2) is 34.5 Å². The first-order chi connectivity index (χ1) is 6.47. The van der Waals surface area contributed by atoms with Crippen LogP contribution in [0.15, 0.2) is 0 Å². The molecule has 0 saturated heterocycles. The zero-order chi connectivity index (χ0) is 10.7. The lowest BCUT2D eigenvalue weighted by Gasteiger charge is -2.31. The van der Waals surface area contributed by atoms with Gasteiger partial charge < -0.3 is 15.5 Å². The lowest BCUT2D eigenvalue weighted by atomic mass is 9.97. The molecule has 0 radical (unpaired) electrons. The second-order valence-electron chi connectivity index (χ2n) is 5.14. The van der Waals surface area contributed by atoms with E-state index in [-0.39, 0.29) is 12.1 Å². The maximum Gasteiger partial charge on any atom is 0.0771 e. The van der Waals surface area contributed by atoms with E-state index in [9.17, 15) is 5.11 Å². The Hall–Kier alpha value is -0.120. The van der Waals surface area contributed by atoms with E-state index in [1.54, 1.807) is 0 Å². The van der Waals surface area contributed by atoms with Crippen molar-refractivity contribution in [2.75, 3.05) is 13.2 Å². The Balaban J connectivity index is 2.31. The van der Waals surface area contributed by atoms with Crippen LogP contribution in [-0.2, 0) is 0 Å². The number of aliphatic hydroxyl groups excluding tert-OH is 1. The van der Waals surface area contributed by atoms with Crippen LogP contribution in [0.25, 0.3) is 0 Å². The molecule has 1 fully saturated rings. The Kier molecular flexibility index (Phi) is 3.93. The first kappa shape index (κ1) is 12.0. The molecule has 14 heavy (non-hydrogen) atoms. The SMILES string of the molecule is CC(C)(CCO)NCC1(O)CCCC1. The fraction of sp³-hybridized carbons (Fsp3) is 1.00. The van der Waals surface area contributed by atoms with Gasteiger partial charge in [0.25, 0.3) is 0 Å². The summed E-state index contributed by atoms with van der Waals surface area (Å²) in [5.74, 6) is 0. The molecule has 0 aliphatic heterocycles. The molecule has 0 bridgehead atoms. The third-order valence-corrected chi connectivity index (χ3v) is 3.17. The van der Waals surface area contributed by atoms with Gasteiger partial charge in [0, 0.05) is 18.7 Å². The normalized spacial score (nSPS) is 21.4. The van der Waals surface area contributed by atoms with Crippen LogP contribution in [0, 0.1) is 0 Å². The van der Waals surface area contributed by atoms with Crippen molar-refractivity contribution < 1.29 is 10.2 Å². The van der Waals surface area contributed by atoms with E-state index in [1.807, 2.05) is 0 Å². The van der Waals surface area contributed by atoms with Crippen molar-refractivity contribution in [3.63, 3.8) is 0 Å². The molecule has 3 heteroatoms. The van der Waals surface area contributed by atoms with Crippen molar-refractivity contribution in [3.8, 4) is 0 Å². The van der Waals surface area contributed by atoms with E-state index in [1.165, 1.54) is 0 Å². The van der Waals surface area contributed by atoms with Gasteiger partial charge in [0.15, 0.2) is 0 Å². The molecule has 0 aromatic heterocycles. The van der Waals surface area contributed by atoms with Gasteiger partial charge in [-0.25, -0.2) is 0 Å². The van der Waals surface area contributed by atoms with Crippen LogP contribution in [0.2, 0.25) is 0 Å². The van der Waals surface area contributed by atoms with Crippen molar-refractivity contribution in [1.82, 2.24) is 5.32 Å². The number of aliphatic hydroxyl groups is 2. The van der Waals surface area contributed by atoms with E-state index >= 15 is 0 Å². The topological polar surface area (TPSA) is 52.5 Å². The van der Waals surface area contributed by atoms with Crippen LogP contribution in [0.4, 0.5) is 0 Å². The van der Waals surface area contributed by atoms with Gasteiger partial charge in [-0.15, -0.1) is 0 Å². The van der Waals surface area contributed by atoms with Gasteiger partial charge in [-0.2, -0.15) is 0 Å². The molecule has 84 valence electrons. The van der Waals surface area contributed by atoms with Crippen molar-refractivity contribution >= 4 is 0 Å². The first-order valence-corrected chi connectivity index (χ1v) is 5.56. The first-order valence-electron chi connectivity index (χ1n) is 5.56. The number of hydrogen-bond acceptors (Lipinski definition) is 3. The number of nitrogens with one attached hydrogen (secondary N) is 1. The standard InChI is InChI=1S/C11H23NO2/c1-10(2,7-8-13)12-9-11(14)5-3-4-6-11/h12-14H,3-9H2,1-2H3. The molecule has 0 aromatic rings. The molecule has 1 rings (SSSR count). The molecule has 0 unspecified atom stereocenters. The second-order valence-corrected chi connectivity index (χ2v) is 5.14. The summed E-state index contributed by atoms with van der Waals surface area (Å²) >= 11 is 0. The summed E-state index contributed by atoms with van der Waals surface area (Å²) in [5, 5.41) is 22.3. The third-order valence-electron chi connectivity index (χ3n) is 3.17. The minimum atomic E-state index is -0.493. The molecule has 1 aliphatic carbocycles. The van der Waals surface area contributed by atoms with E-state index in [0.29, 0.717) is 6.54 Å². The fourth-order valence-electron chi connectivity index (χ4n) is 1.98. The Morgan fingerprint density at radius 3 is 2.36 bits per heavy atom. The second kappa shape index (κ2) is 4.60. The van der Waals surface area contributed by atoms with Gasteiger partial charge in [0.1, 0.15) is 0 Å². The average Bonchev–Trinajstić information content (AvgIpc) is 2.50. The summed E-state index contributed by atoms with van der Waals surface area (Å²) in [6.45, 7) is 4.96. The van der Waals surface area contributed by atoms with E-state index < -0.39 is 5.60 Å². The molecular formula is C11H23NO2. The summed E-state index contributed by atoms with van der Waals surface area (Å²) in [5.41, 5.74) is -0.570. The average molecular weight is 201 g/mol. The number of rotatable bonds is 5. The number of β-amino-alcohol motifs (C(OH)–C–C–N with tert-alkyl or cyclic N) is 1. The Morgan fingerprint density at radius 2 is 1.86 bits per heavy atom. The van der Waals surface area contributed by atoms with Crippen molar-refractivity contribution in [2.24, 2.45) is 0 Å². The lowest BCUT2D eigenvalue weighted by Crippen LogP contribution is -2.48. The predicted molar refractivity (Wildman–Crippen MR) is 57.2 cm³/mol. The molecule has 1 saturated carbocycles. The maximum absolute atomic E-state index is 10.1. The molecule has 0 heterocycles. The van der Waals surface area contributed by atoms with Crippen LogP contribution in [0.5, 0.6) is 0 Å². The van der Waals surface area contributed by atoms with Gasteiger partial charge in [0.2, 0.25) is 0 Å². The zero-order valence-corrected chi connectivity index (χ0v) is 9.34. The molecule has 0 amide bonds. The molecule has 1 aliphatic rings. The molecule has 3 nitrogen and oxygen atoms in total. The van der Waals surface area contributed by atoms with E-state index in [2.05, 4.69) is 19.2 Å². The van der Waals surface area contributed by atoms with Crippen molar-refractivity contribution in [1.29, 1.82) is 0 Å². The maximum atomic E-state index is 10.1. The smallest absolute Gasteiger partial charge is 0.0771 e. The quantitative estimate of drug-likeness (QED) is 0.623. The summed E-state index contributed by atoms with van der Waals surface area (Å²) in [4.78, 5) is 0. The molecule has 0 spiro atoms. The largest absolute Gasteiger partial charge is 0.396 e. The highest BCUT2D eigenvalue weighted by atomic mass is 16.3. The van der Waals surface area contributed by atoms with Crippen LogP contribution in [0.1, 0.15) is 46.0 Å². The summed E-state index contributed by atoms with van der Waals surface area (Å²) in [6.07, 6.45) is 4.82. The molecule has 0 atom stereocenters.